The molecule has 0 heterocycles. The maximum absolute atomic E-state index is 11.2. The van der Waals surface area contributed by atoms with Gasteiger partial charge >= 0.3 is 11.9 Å². The van der Waals surface area contributed by atoms with Gasteiger partial charge in [-0.3, -0.25) is 0 Å². The number of esters is 2. The fourth-order valence-corrected chi connectivity index (χ4v) is 1.37. The third kappa shape index (κ3) is 9.83. The first kappa shape index (κ1) is 17.2. The highest BCUT2D eigenvalue weighted by molar-refractivity contribution is 5.93. The molecule has 0 amide bonds. The maximum atomic E-state index is 11.2. The minimum Gasteiger partial charge on any atom is -0.463 e. The van der Waals surface area contributed by atoms with Crippen LogP contribution in [0.25, 0.3) is 0 Å². The smallest absolute Gasteiger partial charge is 0.348 e. The van der Waals surface area contributed by atoms with Crippen molar-refractivity contribution in [2.75, 3.05) is 13.2 Å². The van der Waals surface area contributed by atoms with E-state index in [4.69, 9.17) is 10.00 Å². The third-order valence-electron chi connectivity index (χ3n) is 2.46. The van der Waals surface area contributed by atoms with Crippen molar-refractivity contribution < 1.29 is 19.1 Å². The molecule has 0 aliphatic carbocycles. The van der Waals surface area contributed by atoms with Crippen molar-refractivity contribution >= 4 is 11.9 Å². The van der Waals surface area contributed by atoms with E-state index in [1.807, 2.05) is 0 Å². The van der Waals surface area contributed by atoms with E-state index in [0.717, 1.165) is 19.3 Å². The Kier molecular flexibility index (Phi) is 10.2. The Morgan fingerprint density at radius 3 is 2.37 bits per heavy atom. The average Bonchev–Trinajstić information content (AvgIpc) is 2.42. The van der Waals surface area contributed by atoms with Crippen LogP contribution >= 0.6 is 0 Å². The molecule has 0 spiro atoms. The van der Waals surface area contributed by atoms with Gasteiger partial charge in [-0.15, -0.1) is 0 Å². The number of nitrogens with zero attached hydrogens (tertiary/aromatic N) is 1. The number of carbonyl (C=O) groups excluding carboxylic acids is 2. The monoisotopic (exact) mass is 267 g/mol. The highest BCUT2D eigenvalue weighted by Crippen LogP contribution is 2.05. The molecular weight excluding hydrogens is 246 g/mol. The molecule has 0 aromatic rings. The molecule has 0 radical (unpaired) electrons. The molecule has 0 atom stereocenters. The molecule has 5 heteroatoms. The standard InChI is InChI=1S/C14H21NO4/c1-3-4-5-6-7-8-9-18-13(16)11-19-14(17)12(2)10-15/h2-9,11H2,1H3. The van der Waals surface area contributed by atoms with E-state index in [1.165, 1.54) is 19.3 Å². The van der Waals surface area contributed by atoms with Crippen molar-refractivity contribution in [3.63, 3.8) is 0 Å². The minimum absolute atomic E-state index is 0.330. The van der Waals surface area contributed by atoms with Gasteiger partial charge in [0.05, 0.1) is 6.61 Å². The Morgan fingerprint density at radius 1 is 1.11 bits per heavy atom. The number of hydrogen-bond donors (Lipinski definition) is 0. The van der Waals surface area contributed by atoms with E-state index >= 15 is 0 Å². The number of nitriles is 1. The summed E-state index contributed by atoms with van der Waals surface area (Å²) in [6.45, 7) is 5.19. The van der Waals surface area contributed by atoms with Crippen LogP contribution in [0.15, 0.2) is 12.2 Å². The Labute approximate surface area is 114 Å². The molecule has 0 fully saturated rings. The van der Waals surface area contributed by atoms with Crippen molar-refractivity contribution in [3.8, 4) is 6.07 Å². The van der Waals surface area contributed by atoms with Gasteiger partial charge in [-0.1, -0.05) is 45.6 Å². The van der Waals surface area contributed by atoms with E-state index in [9.17, 15) is 9.59 Å². The Hall–Kier alpha value is -1.83. The van der Waals surface area contributed by atoms with Crippen molar-refractivity contribution in [1.82, 2.24) is 0 Å². The number of ether oxygens (including phenoxy) is 2. The van der Waals surface area contributed by atoms with Crippen molar-refractivity contribution in [2.45, 2.75) is 45.4 Å². The fourth-order valence-electron chi connectivity index (χ4n) is 1.37. The lowest BCUT2D eigenvalue weighted by Gasteiger charge is -2.05. The van der Waals surface area contributed by atoms with Crippen LogP contribution in [0.2, 0.25) is 0 Å². The predicted molar refractivity (Wildman–Crippen MR) is 70.0 cm³/mol. The predicted octanol–water partition coefficient (Wildman–Crippen LogP) is 2.51. The van der Waals surface area contributed by atoms with Crippen molar-refractivity contribution in [1.29, 1.82) is 5.26 Å². The van der Waals surface area contributed by atoms with Crippen LogP contribution < -0.4 is 0 Å². The maximum Gasteiger partial charge on any atom is 0.348 e. The van der Waals surface area contributed by atoms with Gasteiger partial charge in [0.2, 0.25) is 0 Å². The summed E-state index contributed by atoms with van der Waals surface area (Å²) < 4.78 is 9.41. The Morgan fingerprint density at radius 2 is 1.74 bits per heavy atom. The summed E-state index contributed by atoms with van der Waals surface area (Å²) in [5.74, 6) is -1.49. The zero-order valence-electron chi connectivity index (χ0n) is 11.4. The summed E-state index contributed by atoms with van der Waals surface area (Å²) in [6, 6.07) is 1.54. The Bertz CT molecular complexity index is 344. The van der Waals surface area contributed by atoms with Crippen LogP contribution in [0.1, 0.15) is 45.4 Å². The summed E-state index contributed by atoms with van der Waals surface area (Å²) in [4.78, 5) is 22.2. The minimum atomic E-state index is -0.890. The number of rotatable bonds is 10. The third-order valence-corrected chi connectivity index (χ3v) is 2.46. The van der Waals surface area contributed by atoms with Gasteiger partial charge in [0.1, 0.15) is 11.6 Å². The van der Waals surface area contributed by atoms with Gasteiger partial charge < -0.3 is 9.47 Å². The zero-order chi connectivity index (χ0) is 14.5. The highest BCUT2D eigenvalue weighted by atomic mass is 16.6. The average molecular weight is 267 g/mol. The fraction of sp³-hybridized carbons (Fsp3) is 0.643. The van der Waals surface area contributed by atoms with Gasteiger partial charge in [-0.2, -0.15) is 5.26 Å². The van der Waals surface area contributed by atoms with Crippen LogP contribution in [0.5, 0.6) is 0 Å². The highest BCUT2D eigenvalue weighted by Gasteiger charge is 2.11. The van der Waals surface area contributed by atoms with Crippen LogP contribution in [0.3, 0.4) is 0 Å². The van der Waals surface area contributed by atoms with E-state index in [0.29, 0.717) is 6.61 Å². The SMILES string of the molecule is C=C(C#N)C(=O)OCC(=O)OCCCCCCCC. The normalized spacial score (nSPS) is 9.47. The summed E-state index contributed by atoms with van der Waals surface area (Å²) in [5, 5.41) is 8.37. The van der Waals surface area contributed by atoms with Gasteiger partial charge in [0, 0.05) is 0 Å². The second-order valence-electron chi connectivity index (χ2n) is 4.15. The number of carbonyl (C=O) groups is 2. The van der Waals surface area contributed by atoms with Crippen LogP contribution in [0.4, 0.5) is 0 Å². The largest absolute Gasteiger partial charge is 0.463 e. The number of unbranched alkanes of at least 4 members (excludes halogenated alkanes) is 5. The van der Waals surface area contributed by atoms with Crippen molar-refractivity contribution in [2.24, 2.45) is 0 Å². The summed E-state index contributed by atoms with van der Waals surface area (Å²) in [5.41, 5.74) is -0.330. The molecule has 0 N–H and O–H groups in total. The molecule has 0 bridgehead atoms. The molecule has 0 unspecified atom stereocenters. The molecule has 0 rings (SSSR count). The molecule has 106 valence electrons. The lowest BCUT2D eigenvalue weighted by Crippen LogP contribution is -2.17. The zero-order valence-corrected chi connectivity index (χ0v) is 11.4. The first-order chi connectivity index (χ1) is 9.11. The topological polar surface area (TPSA) is 76.4 Å². The molecule has 0 aliphatic rings. The molecule has 0 aromatic heterocycles. The van der Waals surface area contributed by atoms with E-state index in [2.05, 4.69) is 18.2 Å². The van der Waals surface area contributed by atoms with Crippen molar-refractivity contribution in [3.05, 3.63) is 12.2 Å². The first-order valence-corrected chi connectivity index (χ1v) is 6.53. The molecule has 0 saturated carbocycles. The molecule has 0 saturated heterocycles. The second kappa shape index (κ2) is 11.3. The molecular formula is C14H21NO4. The van der Waals surface area contributed by atoms with E-state index in [1.54, 1.807) is 6.07 Å². The Balaban J connectivity index is 3.48. The van der Waals surface area contributed by atoms with Crippen LogP contribution in [-0.4, -0.2) is 25.2 Å². The van der Waals surface area contributed by atoms with Crippen LogP contribution in [-0.2, 0) is 19.1 Å². The van der Waals surface area contributed by atoms with Gasteiger partial charge in [-0.05, 0) is 6.42 Å². The lowest BCUT2D eigenvalue weighted by molar-refractivity contribution is -0.156. The van der Waals surface area contributed by atoms with Crippen LogP contribution in [0, 0.1) is 11.3 Å². The van der Waals surface area contributed by atoms with Gasteiger partial charge in [0.15, 0.2) is 6.61 Å². The van der Waals surface area contributed by atoms with Gasteiger partial charge in [0.25, 0.3) is 0 Å². The quantitative estimate of drug-likeness (QED) is 0.263. The lowest BCUT2D eigenvalue weighted by atomic mass is 10.1. The van der Waals surface area contributed by atoms with E-state index < -0.39 is 18.5 Å². The molecule has 0 aromatic carbocycles. The summed E-state index contributed by atoms with van der Waals surface area (Å²) in [6.07, 6.45) is 6.63. The summed E-state index contributed by atoms with van der Waals surface area (Å²) in [7, 11) is 0. The molecule has 5 nitrogen and oxygen atoms in total. The molecule has 19 heavy (non-hydrogen) atoms. The van der Waals surface area contributed by atoms with Gasteiger partial charge in [-0.25, -0.2) is 9.59 Å². The second-order valence-corrected chi connectivity index (χ2v) is 4.15. The number of hydrogen-bond acceptors (Lipinski definition) is 5. The summed E-state index contributed by atoms with van der Waals surface area (Å²) >= 11 is 0. The first-order valence-electron chi connectivity index (χ1n) is 6.53. The molecule has 0 aliphatic heterocycles. The van der Waals surface area contributed by atoms with E-state index in [-0.39, 0.29) is 5.57 Å².